The van der Waals surface area contributed by atoms with Gasteiger partial charge in [0.2, 0.25) is 10.0 Å². The maximum absolute atomic E-state index is 11.3. The Morgan fingerprint density at radius 1 is 1.41 bits per heavy atom. The molecule has 0 spiro atoms. The fraction of sp³-hybridized carbons (Fsp3) is 0.786. The summed E-state index contributed by atoms with van der Waals surface area (Å²) in [6.07, 6.45) is 6.02. The maximum atomic E-state index is 11.3. The zero-order valence-corrected chi connectivity index (χ0v) is 14.8. The van der Waals surface area contributed by atoms with Gasteiger partial charge in [0.05, 0.1) is 11.9 Å². The van der Waals surface area contributed by atoms with E-state index in [1.54, 1.807) is 0 Å². The maximum Gasteiger partial charge on any atom is 0.208 e. The number of aromatic nitrogens is 2. The molecule has 1 saturated heterocycles. The molecular formula is C14H25ClN4O2S. The molecule has 1 fully saturated rings. The lowest BCUT2D eigenvalue weighted by atomic mass is 10.1. The number of nitrogens with zero attached hydrogens (tertiary/aromatic N) is 2. The third-order valence-corrected chi connectivity index (χ3v) is 4.97. The number of halogens is 1. The Hall–Kier alpha value is -0.630. The third kappa shape index (κ3) is 5.53. The molecule has 0 aliphatic carbocycles. The number of imidazole rings is 1. The summed E-state index contributed by atoms with van der Waals surface area (Å²) >= 11 is 6.20. The van der Waals surface area contributed by atoms with Gasteiger partial charge >= 0.3 is 0 Å². The standard InChI is InChI=1S/C14H25ClN4O2S/c1-3-4-5-13-16-12(14(15)17-13)10-19-8-6-11(7-9-19)18-22(2,20)21/h11,18H,3-10H2,1-2H3,(H,16,17). The summed E-state index contributed by atoms with van der Waals surface area (Å²) in [7, 11) is -3.12. The van der Waals surface area contributed by atoms with E-state index in [1.807, 2.05) is 0 Å². The number of hydrogen-bond donors (Lipinski definition) is 2. The van der Waals surface area contributed by atoms with E-state index in [1.165, 1.54) is 6.26 Å². The van der Waals surface area contributed by atoms with Crippen LogP contribution in [0.2, 0.25) is 5.15 Å². The van der Waals surface area contributed by atoms with E-state index < -0.39 is 10.0 Å². The van der Waals surface area contributed by atoms with Gasteiger partial charge < -0.3 is 4.98 Å². The summed E-state index contributed by atoms with van der Waals surface area (Å²) in [5, 5.41) is 0.558. The van der Waals surface area contributed by atoms with Gasteiger partial charge in [-0.25, -0.2) is 18.1 Å². The number of H-pyrrole nitrogens is 1. The van der Waals surface area contributed by atoms with Crippen LogP contribution in [0.1, 0.15) is 44.1 Å². The summed E-state index contributed by atoms with van der Waals surface area (Å²) < 4.78 is 25.2. The third-order valence-electron chi connectivity index (χ3n) is 3.89. The van der Waals surface area contributed by atoms with Gasteiger partial charge in [-0.15, -0.1) is 0 Å². The lowest BCUT2D eigenvalue weighted by Gasteiger charge is -2.31. The number of piperidine rings is 1. The molecule has 0 saturated carbocycles. The zero-order valence-electron chi connectivity index (χ0n) is 13.2. The monoisotopic (exact) mass is 348 g/mol. The molecule has 1 aliphatic rings. The second-order valence-electron chi connectivity index (χ2n) is 6.00. The van der Waals surface area contributed by atoms with Crippen molar-refractivity contribution in [3.63, 3.8) is 0 Å². The predicted octanol–water partition coefficient (Wildman–Crippen LogP) is 1.92. The van der Waals surface area contributed by atoms with Crippen molar-refractivity contribution < 1.29 is 8.42 Å². The fourth-order valence-corrected chi connectivity index (χ4v) is 3.79. The molecule has 0 amide bonds. The predicted molar refractivity (Wildman–Crippen MR) is 88.5 cm³/mol. The van der Waals surface area contributed by atoms with Gasteiger partial charge in [0, 0.05) is 32.1 Å². The largest absolute Gasteiger partial charge is 0.344 e. The van der Waals surface area contributed by atoms with Crippen LogP contribution in [-0.4, -0.2) is 48.7 Å². The summed E-state index contributed by atoms with van der Waals surface area (Å²) in [4.78, 5) is 9.97. The van der Waals surface area contributed by atoms with Crippen molar-refractivity contribution in [2.75, 3.05) is 19.3 Å². The number of aryl methyl sites for hydroxylation is 1. The Labute approximate surface area is 137 Å². The first-order valence-electron chi connectivity index (χ1n) is 7.80. The molecule has 1 aromatic heterocycles. The van der Waals surface area contributed by atoms with Crippen molar-refractivity contribution in [3.05, 3.63) is 16.7 Å². The van der Waals surface area contributed by atoms with E-state index in [9.17, 15) is 8.42 Å². The highest BCUT2D eigenvalue weighted by molar-refractivity contribution is 7.88. The van der Waals surface area contributed by atoms with E-state index in [-0.39, 0.29) is 6.04 Å². The van der Waals surface area contributed by atoms with Crippen molar-refractivity contribution in [3.8, 4) is 0 Å². The van der Waals surface area contributed by atoms with Crippen molar-refractivity contribution in [1.29, 1.82) is 0 Å². The molecule has 0 radical (unpaired) electrons. The van der Waals surface area contributed by atoms with Gasteiger partial charge in [0.1, 0.15) is 5.82 Å². The minimum absolute atomic E-state index is 0.0450. The highest BCUT2D eigenvalue weighted by Crippen LogP contribution is 2.19. The highest BCUT2D eigenvalue weighted by Gasteiger charge is 2.22. The van der Waals surface area contributed by atoms with Crippen LogP contribution in [0.3, 0.4) is 0 Å². The lowest BCUT2D eigenvalue weighted by molar-refractivity contribution is 0.198. The molecule has 0 unspecified atom stereocenters. The second-order valence-corrected chi connectivity index (χ2v) is 8.13. The molecule has 0 atom stereocenters. The summed E-state index contributed by atoms with van der Waals surface area (Å²) in [6.45, 7) is 4.60. The minimum Gasteiger partial charge on any atom is -0.344 e. The number of sulfonamides is 1. The molecule has 126 valence electrons. The number of unbranched alkanes of at least 4 members (excludes halogenated alkanes) is 1. The van der Waals surface area contributed by atoms with Crippen LogP contribution in [0, 0.1) is 0 Å². The first kappa shape index (κ1) is 17.7. The SMILES string of the molecule is CCCCc1nc(Cl)c(CN2CCC(NS(C)(=O)=O)CC2)[nH]1. The van der Waals surface area contributed by atoms with Gasteiger partial charge in [-0.05, 0) is 19.3 Å². The van der Waals surface area contributed by atoms with Crippen LogP contribution in [-0.2, 0) is 23.0 Å². The molecule has 22 heavy (non-hydrogen) atoms. The number of aromatic amines is 1. The van der Waals surface area contributed by atoms with Crippen LogP contribution >= 0.6 is 11.6 Å². The Morgan fingerprint density at radius 3 is 2.68 bits per heavy atom. The van der Waals surface area contributed by atoms with Crippen LogP contribution in [0.15, 0.2) is 0 Å². The van der Waals surface area contributed by atoms with E-state index >= 15 is 0 Å². The molecule has 1 aromatic rings. The van der Waals surface area contributed by atoms with Gasteiger partial charge in [-0.2, -0.15) is 0 Å². The molecule has 0 bridgehead atoms. The lowest BCUT2D eigenvalue weighted by Crippen LogP contribution is -2.44. The van der Waals surface area contributed by atoms with Crippen molar-refractivity contribution >= 4 is 21.6 Å². The molecule has 1 aliphatic heterocycles. The molecule has 2 N–H and O–H groups in total. The van der Waals surface area contributed by atoms with E-state index in [0.29, 0.717) is 5.15 Å². The van der Waals surface area contributed by atoms with Crippen molar-refractivity contribution in [2.45, 2.75) is 51.6 Å². The van der Waals surface area contributed by atoms with E-state index in [0.717, 1.165) is 63.3 Å². The summed E-state index contributed by atoms with van der Waals surface area (Å²) in [5.41, 5.74) is 0.960. The summed E-state index contributed by atoms with van der Waals surface area (Å²) in [6, 6.07) is 0.0450. The van der Waals surface area contributed by atoms with Crippen molar-refractivity contribution in [1.82, 2.24) is 19.6 Å². The Balaban J connectivity index is 1.84. The van der Waals surface area contributed by atoms with Crippen molar-refractivity contribution in [2.24, 2.45) is 0 Å². The second kappa shape index (κ2) is 7.77. The Morgan fingerprint density at radius 2 is 2.09 bits per heavy atom. The first-order valence-corrected chi connectivity index (χ1v) is 10.1. The van der Waals surface area contributed by atoms with E-state index in [4.69, 9.17) is 11.6 Å². The van der Waals surface area contributed by atoms with E-state index in [2.05, 4.69) is 26.5 Å². The van der Waals surface area contributed by atoms with Gasteiger partial charge in [0.15, 0.2) is 5.15 Å². The fourth-order valence-electron chi connectivity index (χ4n) is 2.74. The average Bonchev–Trinajstić information content (AvgIpc) is 2.77. The van der Waals surface area contributed by atoms with Crippen LogP contribution in [0.4, 0.5) is 0 Å². The quantitative estimate of drug-likeness (QED) is 0.789. The zero-order chi connectivity index (χ0) is 16.2. The number of rotatable bonds is 7. The number of nitrogens with one attached hydrogen (secondary N) is 2. The Kier molecular flexibility index (Phi) is 6.26. The van der Waals surface area contributed by atoms with Crippen LogP contribution in [0.25, 0.3) is 0 Å². The topological polar surface area (TPSA) is 78.1 Å². The van der Waals surface area contributed by atoms with Crippen LogP contribution in [0.5, 0.6) is 0 Å². The van der Waals surface area contributed by atoms with Gasteiger partial charge in [0.25, 0.3) is 0 Å². The normalized spacial score (nSPS) is 18.0. The van der Waals surface area contributed by atoms with Gasteiger partial charge in [-0.1, -0.05) is 24.9 Å². The summed E-state index contributed by atoms with van der Waals surface area (Å²) in [5.74, 6) is 0.954. The first-order chi connectivity index (χ1) is 10.4. The number of likely N-dealkylation sites (tertiary alicyclic amines) is 1. The van der Waals surface area contributed by atoms with Gasteiger partial charge in [-0.3, -0.25) is 4.90 Å². The molecule has 2 rings (SSSR count). The molecule has 6 nitrogen and oxygen atoms in total. The highest BCUT2D eigenvalue weighted by atomic mass is 35.5. The molecular weight excluding hydrogens is 324 g/mol. The number of hydrogen-bond acceptors (Lipinski definition) is 4. The smallest absolute Gasteiger partial charge is 0.208 e. The molecule has 8 heteroatoms. The minimum atomic E-state index is -3.12. The van der Waals surface area contributed by atoms with Crippen LogP contribution < -0.4 is 4.72 Å². The molecule has 2 heterocycles. The Bertz CT molecular complexity index is 580. The molecule has 0 aromatic carbocycles. The average molecular weight is 349 g/mol.